The normalized spacial score (nSPS) is 11.2. The van der Waals surface area contributed by atoms with Crippen molar-refractivity contribution >= 4 is 40.3 Å². The number of hydrogen-bond donors (Lipinski definition) is 1. The van der Waals surface area contributed by atoms with Crippen molar-refractivity contribution in [3.05, 3.63) is 86.9 Å². The summed E-state index contributed by atoms with van der Waals surface area (Å²) < 4.78 is 28.3. The molecule has 0 unspecified atom stereocenters. The van der Waals surface area contributed by atoms with E-state index in [2.05, 4.69) is 0 Å². The molecule has 3 aromatic carbocycles. The van der Waals surface area contributed by atoms with Crippen LogP contribution in [0.15, 0.2) is 74.8 Å². The van der Waals surface area contributed by atoms with Crippen molar-refractivity contribution in [2.75, 3.05) is 27.9 Å². The summed E-state index contributed by atoms with van der Waals surface area (Å²) in [6, 6.07) is 17.7. The lowest BCUT2D eigenvalue weighted by Crippen LogP contribution is -2.03. The van der Waals surface area contributed by atoms with Crippen LogP contribution in [0.25, 0.3) is 28.4 Å². The summed E-state index contributed by atoms with van der Waals surface area (Å²) >= 11 is 0.695. The standard InChI is InChI=1S/C31H29NO8S/c1-36-28-14-21(15-29(37-2)30(28)38-3)26-17-25(34)24-11-10-22(16-27(24)40-26)39-12-4-5-19-6-8-20(9-7-19)13-23(18-33)41-31(32)35/h6-11,13-18H,4-5,12H2,1-3H3,(H2,32,35)/b23-13+. The number of aryl methyl sites for hydroxylation is 1. The van der Waals surface area contributed by atoms with Gasteiger partial charge in [0.1, 0.15) is 17.1 Å². The zero-order chi connectivity index (χ0) is 29.4. The number of allylic oxidation sites excluding steroid dienone is 1. The molecular formula is C31H29NO8S. The van der Waals surface area contributed by atoms with Gasteiger partial charge in [0.2, 0.25) is 5.75 Å². The predicted octanol–water partition coefficient (Wildman–Crippen LogP) is 5.85. The molecule has 0 saturated carbocycles. The zero-order valence-corrected chi connectivity index (χ0v) is 23.6. The molecule has 0 atom stereocenters. The lowest BCUT2D eigenvalue weighted by molar-refractivity contribution is -0.104. The average Bonchev–Trinajstić information content (AvgIpc) is 2.98. The average molecular weight is 576 g/mol. The van der Waals surface area contributed by atoms with Crippen LogP contribution in [0.2, 0.25) is 0 Å². The fourth-order valence-corrected chi connectivity index (χ4v) is 4.68. The van der Waals surface area contributed by atoms with Gasteiger partial charge in [-0.05, 0) is 66.1 Å². The molecule has 4 rings (SSSR count). The quantitative estimate of drug-likeness (QED) is 0.126. The van der Waals surface area contributed by atoms with Gasteiger partial charge in [-0.25, -0.2) is 0 Å². The van der Waals surface area contributed by atoms with Gasteiger partial charge in [-0.3, -0.25) is 14.4 Å². The number of fused-ring (bicyclic) bond motifs is 1. The maximum atomic E-state index is 12.9. The summed E-state index contributed by atoms with van der Waals surface area (Å²) in [5.41, 5.74) is 7.83. The Morgan fingerprint density at radius 3 is 2.27 bits per heavy atom. The minimum atomic E-state index is -0.632. The van der Waals surface area contributed by atoms with Crippen LogP contribution in [0, 0.1) is 0 Å². The van der Waals surface area contributed by atoms with Gasteiger partial charge >= 0.3 is 0 Å². The molecule has 0 aliphatic rings. The van der Waals surface area contributed by atoms with Crippen molar-refractivity contribution in [1.82, 2.24) is 0 Å². The number of aldehydes is 1. The van der Waals surface area contributed by atoms with E-state index in [0.29, 0.717) is 69.9 Å². The predicted molar refractivity (Wildman–Crippen MR) is 159 cm³/mol. The van der Waals surface area contributed by atoms with Crippen LogP contribution < -0.4 is 30.1 Å². The number of primary amides is 1. The summed E-state index contributed by atoms with van der Waals surface area (Å²) in [5, 5.41) is -0.192. The van der Waals surface area contributed by atoms with Crippen LogP contribution in [0.5, 0.6) is 23.0 Å². The number of thioether (sulfide) groups is 1. The molecule has 9 nitrogen and oxygen atoms in total. The largest absolute Gasteiger partial charge is 0.493 e. The number of nitrogens with two attached hydrogens (primary N) is 1. The molecule has 0 fully saturated rings. The van der Waals surface area contributed by atoms with Crippen LogP contribution in [0.3, 0.4) is 0 Å². The summed E-state index contributed by atoms with van der Waals surface area (Å²) in [4.78, 5) is 35.2. The summed E-state index contributed by atoms with van der Waals surface area (Å²) in [6.45, 7) is 0.453. The lowest BCUT2D eigenvalue weighted by atomic mass is 10.1. The topological polar surface area (TPSA) is 127 Å². The van der Waals surface area contributed by atoms with Gasteiger partial charge in [0.15, 0.2) is 23.2 Å². The van der Waals surface area contributed by atoms with E-state index in [1.807, 2.05) is 24.3 Å². The lowest BCUT2D eigenvalue weighted by Gasteiger charge is -2.14. The van der Waals surface area contributed by atoms with Crippen molar-refractivity contribution in [2.24, 2.45) is 5.73 Å². The molecule has 212 valence electrons. The first-order chi connectivity index (χ1) is 19.8. The highest BCUT2D eigenvalue weighted by Crippen LogP contribution is 2.41. The third-order valence-electron chi connectivity index (χ3n) is 6.15. The van der Waals surface area contributed by atoms with Crippen LogP contribution in [0.4, 0.5) is 4.79 Å². The SMILES string of the molecule is COc1cc(-c2cc(=O)c3ccc(OCCCc4ccc(/C=C(\C=O)SC(N)=O)cc4)cc3o2)cc(OC)c1OC. The molecule has 4 aromatic rings. The summed E-state index contributed by atoms with van der Waals surface area (Å²) in [6.07, 6.45) is 3.74. The number of rotatable bonds is 12. The molecule has 0 aliphatic carbocycles. The molecule has 0 radical (unpaired) electrons. The Hall–Kier alpha value is -4.70. The fraction of sp³-hybridized carbons (Fsp3) is 0.194. The second-order valence-corrected chi connectivity index (χ2v) is 9.90. The van der Waals surface area contributed by atoms with Crippen LogP contribution >= 0.6 is 11.8 Å². The first kappa shape index (κ1) is 29.3. The van der Waals surface area contributed by atoms with Crippen LogP contribution in [-0.2, 0) is 11.2 Å². The third-order valence-corrected chi connectivity index (χ3v) is 6.80. The summed E-state index contributed by atoms with van der Waals surface area (Å²) in [5.74, 6) is 2.26. The molecule has 1 heterocycles. The highest BCUT2D eigenvalue weighted by molar-refractivity contribution is 8.17. The molecule has 2 N–H and O–H groups in total. The first-order valence-electron chi connectivity index (χ1n) is 12.6. The van der Waals surface area contributed by atoms with Gasteiger partial charge in [-0.2, -0.15) is 0 Å². The molecule has 0 saturated heterocycles. The Morgan fingerprint density at radius 1 is 0.951 bits per heavy atom. The Balaban J connectivity index is 1.44. The van der Waals surface area contributed by atoms with E-state index in [1.54, 1.807) is 36.4 Å². The number of hydrogen-bond acceptors (Lipinski definition) is 9. The highest BCUT2D eigenvalue weighted by atomic mass is 32.2. The number of amides is 1. The second kappa shape index (κ2) is 13.6. The Labute approximate surface area is 240 Å². The smallest absolute Gasteiger partial charge is 0.281 e. The molecule has 1 amide bonds. The maximum absolute atomic E-state index is 12.9. The molecule has 10 heteroatoms. The van der Waals surface area contributed by atoms with E-state index in [1.165, 1.54) is 27.4 Å². The number of carbonyl (C=O) groups is 2. The number of benzene rings is 3. The maximum Gasteiger partial charge on any atom is 0.281 e. The first-order valence-corrected chi connectivity index (χ1v) is 13.4. The van der Waals surface area contributed by atoms with E-state index in [9.17, 15) is 14.4 Å². The number of ether oxygens (including phenoxy) is 4. The van der Waals surface area contributed by atoms with Crippen molar-refractivity contribution in [3.63, 3.8) is 0 Å². The van der Waals surface area contributed by atoms with Gasteiger partial charge in [-0.15, -0.1) is 0 Å². The molecule has 0 bridgehead atoms. The van der Waals surface area contributed by atoms with Gasteiger partial charge in [-0.1, -0.05) is 24.3 Å². The fourth-order valence-electron chi connectivity index (χ4n) is 4.21. The minimum absolute atomic E-state index is 0.187. The van der Waals surface area contributed by atoms with Gasteiger partial charge < -0.3 is 29.1 Å². The molecule has 1 aromatic heterocycles. The number of methoxy groups -OCH3 is 3. The van der Waals surface area contributed by atoms with Crippen molar-refractivity contribution in [1.29, 1.82) is 0 Å². The zero-order valence-electron chi connectivity index (χ0n) is 22.8. The summed E-state index contributed by atoms with van der Waals surface area (Å²) in [7, 11) is 4.56. The Bertz CT molecular complexity index is 1620. The Kier molecular flexibility index (Phi) is 9.70. The second-order valence-electron chi connectivity index (χ2n) is 8.83. The van der Waals surface area contributed by atoms with E-state index in [-0.39, 0.29) is 10.3 Å². The van der Waals surface area contributed by atoms with Crippen LogP contribution in [0.1, 0.15) is 17.5 Å². The molecule has 0 aliphatic heterocycles. The van der Waals surface area contributed by atoms with E-state index >= 15 is 0 Å². The molecule has 0 spiro atoms. The van der Waals surface area contributed by atoms with Gasteiger partial charge in [0.05, 0.1) is 38.2 Å². The van der Waals surface area contributed by atoms with E-state index in [0.717, 1.165) is 24.0 Å². The minimum Gasteiger partial charge on any atom is -0.493 e. The monoisotopic (exact) mass is 575 g/mol. The number of carbonyl (C=O) groups excluding carboxylic acids is 2. The van der Waals surface area contributed by atoms with Gasteiger partial charge in [0.25, 0.3) is 5.24 Å². The highest BCUT2D eigenvalue weighted by Gasteiger charge is 2.16. The van der Waals surface area contributed by atoms with E-state index in [4.69, 9.17) is 29.1 Å². The van der Waals surface area contributed by atoms with Gasteiger partial charge in [0, 0.05) is 17.7 Å². The van der Waals surface area contributed by atoms with E-state index < -0.39 is 5.24 Å². The third kappa shape index (κ3) is 7.29. The van der Waals surface area contributed by atoms with Crippen molar-refractivity contribution in [3.8, 4) is 34.3 Å². The van der Waals surface area contributed by atoms with Crippen LogP contribution in [-0.4, -0.2) is 39.5 Å². The molecule has 41 heavy (non-hydrogen) atoms. The Morgan fingerprint density at radius 2 is 1.66 bits per heavy atom. The molecular weight excluding hydrogens is 546 g/mol. The van der Waals surface area contributed by atoms with Crippen molar-refractivity contribution in [2.45, 2.75) is 12.8 Å². The van der Waals surface area contributed by atoms with Crippen molar-refractivity contribution < 1.29 is 33.0 Å².